The van der Waals surface area contributed by atoms with Gasteiger partial charge in [0.15, 0.2) is 23.6 Å². The zero-order valence-corrected chi connectivity index (χ0v) is 20.7. The molecule has 204 valence electrons. The third kappa shape index (κ3) is 4.33. The Kier molecular flexibility index (Phi) is 7.16. The Hall–Kier alpha value is -3.42. The van der Waals surface area contributed by atoms with Crippen molar-refractivity contribution in [1.29, 1.82) is 0 Å². The van der Waals surface area contributed by atoms with Crippen molar-refractivity contribution < 1.29 is 58.4 Å². The number of hydrogen-bond donors (Lipinski definition) is 4. The highest BCUT2D eigenvalue weighted by Crippen LogP contribution is 2.47. The van der Waals surface area contributed by atoms with Gasteiger partial charge in [-0.1, -0.05) is 6.07 Å². The molecule has 3 heterocycles. The van der Waals surface area contributed by atoms with E-state index in [-0.39, 0.29) is 53.1 Å². The first-order valence-corrected chi connectivity index (χ1v) is 12.0. The fraction of sp³-hybridized carbons (Fsp3) is 0.462. The van der Waals surface area contributed by atoms with Gasteiger partial charge in [0.25, 0.3) is 0 Å². The van der Waals surface area contributed by atoms with E-state index >= 15 is 0 Å². The zero-order chi connectivity index (χ0) is 27.1. The van der Waals surface area contributed by atoms with Crippen LogP contribution in [0.3, 0.4) is 0 Å². The number of aldehydes is 1. The number of rotatable bonds is 7. The molecule has 0 amide bonds. The number of Topliss-reactive ketones (excluding diaryl/α,β-unsaturated/α-hetero) is 1. The van der Waals surface area contributed by atoms with E-state index in [9.17, 15) is 30.0 Å². The fourth-order valence-electron chi connectivity index (χ4n) is 4.97. The smallest absolute Gasteiger partial charge is 0.231 e. The fourth-order valence-corrected chi connectivity index (χ4v) is 4.97. The standard InChI is InChI=1S/C26H28O12/c1-11-23(38-26-22(32)21(31)20(30)17(8-28)37-26)14(7-27)25-18(24(11)33-2)19(29)13(9-34-25)5-12-3-4-15-16(6-12)36-10-35-15/h3-4,6-7,13,17,20-22,26,28,30-32H,5,8-10H2,1-2H3/t13-,17+,20-,21-,22+,26-/m0/s1. The molecule has 1 fully saturated rings. The summed E-state index contributed by atoms with van der Waals surface area (Å²) in [4.78, 5) is 25.9. The molecule has 4 N–H and O–H groups in total. The summed E-state index contributed by atoms with van der Waals surface area (Å²) in [5.74, 6) is 0.352. The molecule has 2 aromatic rings. The highest BCUT2D eigenvalue weighted by atomic mass is 16.7. The summed E-state index contributed by atoms with van der Waals surface area (Å²) in [5, 5.41) is 40.1. The quantitative estimate of drug-likeness (QED) is 0.357. The van der Waals surface area contributed by atoms with Crippen LogP contribution in [0, 0.1) is 12.8 Å². The van der Waals surface area contributed by atoms with Crippen molar-refractivity contribution in [3.63, 3.8) is 0 Å². The van der Waals surface area contributed by atoms with E-state index in [2.05, 4.69) is 0 Å². The molecular formula is C26H28O12. The van der Waals surface area contributed by atoms with Gasteiger partial charge in [0.1, 0.15) is 47.2 Å². The van der Waals surface area contributed by atoms with E-state index in [0.29, 0.717) is 24.2 Å². The molecule has 0 aliphatic carbocycles. The summed E-state index contributed by atoms with van der Waals surface area (Å²) in [5.41, 5.74) is 1.08. The van der Waals surface area contributed by atoms with E-state index in [0.717, 1.165) is 5.56 Å². The first-order valence-electron chi connectivity index (χ1n) is 12.0. The second-order valence-corrected chi connectivity index (χ2v) is 9.30. The van der Waals surface area contributed by atoms with E-state index in [4.69, 9.17) is 28.4 Å². The first kappa shape index (κ1) is 26.2. The predicted molar refractivity (Wildman–Crippen MR) is 127 cm³/mol. The normalized spacial score (nSPS) is 27.9. The van der Waals surface area contributed by atoms with Gasteiger partial charge in [-0.25, -0.2) is 0 Å². The van der Waals surface area contributed by atoms with Crippen LogP contribution in [0.1, 0.15) is 31.8 Å². The van der Waals surface area contributed by atoms with Crippen molar-refractivity contribution >= 4 is 12.1 Å². The lowest BCUT2D eigenvalue weighted by molar-refractivity contribution is -0.277. The summed E-state index contributed by atoms with van der Waals surface area (Å²) in [7, 11) is 1.36. The van der Waals surface area contributed by atoms with Gasteiger partial charge >= 0.3 is 0 Å². The van der Waals surface area contributed by atoms with Gasteiger partial charge in [0.05, 0.1) is 31.8 Å². The molecule has 3 aliphatic heterocycles. The molecule has 0 bridgehead atoms. The van der Waals surface area contributed by atoms with Crippen LogP contribution < -0.4 is 23.7 Å². The van der Waals surface area contributed by atoms with Crippen molar-refractivity contribution in [2.75, 3.05) is 27.1 Å². The Morgan fingerprint density at radius 3 is 2.53 bits per heavy atom. The van der Waals surface area contributed by atoms with Crippen molar-refractivity contribution in [3.8, 4) is 28.7 Å². The summed E-state index contributed by atoms with van der Waals surface area (Å²) in [6.45, 7) is 1.02. The molecule has 1 saturated heterocycles. The van der Waals surface area contributed by atoms with Crippen LogP contribution >= 0.6 is 0 Å². The zero-order valence-electron chi connectivity index (χ0n) is 20.7. The SMILES string of the molecule is COc1c(C)c(O[C@@H]2O[C@H](CO)[C@H](O)[C@H](O)[C@H]2O)c(C=O)c2c1C(=O)[C@@H](Cc1ccc3c(c1)OCO3)CO2. The van der Waals surface area contributed by atoms with Crippen molar-refractivity contribution in [2.24, 2.45) is 5.92 Å². The van der Waals surface area contributed by atoms with Gasteiger partial charge in [0.2, 0.25) is 13.1 Å². The predicted octanol–water partition coefficient (Wildman–Crippen LogP) is 0.158. The average Bonchev–Trinajstić information content (AvgIpc) is 3.39. The van der Waals surface area contributed by atoms with Crippen molar-refractivity contribution in [1.82, 2.24) is 0 Å². The summed E-state index contributed by atoms with van der Waals surface area (Å²) < 4.78 is 33.5. The molecule has 0 radical (unpaired) electrons. The van der Waals surface area contributed by atoms with Crippen molar-refractivity contribution in [3.05, 3.63) is 40.5 Å². The maximum Gasteiger partial charge on any atom is 0.231 e. The third-order valence-corrected chi connectivity index (χ3v) is 6.99. The molecule has 12 nitrogen and oxygen atoms in total. The number of aliphatic hydroxyl groups is 4. The van der Waals surface area contributed by atoms with Gasteiger partial charge in [-0.3, -0.25) is 9.59 Å². The third-order valence-electron chi connectivity index (χ3n) is 6.99. The lowest BCUT2D eigenvalue weighted by Gasteiger charge is -2.40. The Labute approximate surface area is 217 Å². The molecule has 0 aromatic heterocycles. The number of benzene rings is 2. The van der Waals surface area contributed by atoms with Crippen LogP contribution in [0.25, 0.3) is 0 Å². The second kappa shape index (κ2) is 10.4. The first-order chi connectivity index (χ1) is 18.3. The van der Waals surface area contributed by atoms with Crippen LogP contribution in [-0.4, -0.2) is 90.3 Å². The van der Waals surface area contributed by atoms with Crippen LogP contribution in [0.2, 0.25) is 0 Å². The van der Waals surface area contributed by atoms with E-state index in [1.165, 1.54) is 7.11 Å². The van der Waals surface area contributed by atoms with E-state index in [1.54, 1.807) is 13.0 Å². The minimum absolute atomic E-state index is 0.0210. The number of hydrogen-bond acceptors (Lipinski definition) is 12. The highest BCUT2D eigenvalue weighted by molar-refractivity contribution is 6.07. The largest absolute Gasteiger partial charge is 0.495 e. The summed E-state index contributed by atoms with van der Waals surface area (Å²) >= 11 is 0. The molecule has 2 aromatic carbocycles. The lowest BCUT2D eigenvalue weighted by atomic mass is 9.86. The van der Waals surface area contributed by atoms with Crippen LogP contribution in [0.4, 0.5) is 0 Å². The Morgan fingerprint density at radius 1 is 1.05 bits per heavy atom. The van der Waals surface area contributed by atoms with Gasteiger partial charge in [-0.05, 0) is 31.0 Å². The molecule has 0 saturated carbocycles. The number of methoxy groups -OCH3 is 1. The maximum absolute atomic E-state index is 13.6. The van der Waals surface area contributed by atoms with Crippen LogP contribution in [0.5, 0.6) is 28.7 Å². The number of carbonyl (C=O) groups excluding carboxylic acids is 2. The van der Waals surface area contributed by atoms with Gasteiger partial charge in [-0.2, -0.15) is 0 Å². The lowest BCUT2D eigenvalue weighted by Crippen LogP contribution is -2.60. The van der Waals surface area contributed by atoms with Crippen molar-refractivity contribution in [2.45, 2.75) is 44.1 Å². The summed E-state index contributed by atoms with van der Waals surface area (Å²) in [6.07, 6.45) is -6.94. The number of ether oxygens (including phenoxy) is 6. The number of fused-ring (bicyclic) bond motifs is 2. The molecule has 38 heavy (non-hydrogen) atoms. The number of ketones is 1. The second-order valence-electron chi connectivity index (χ2n) is 9.30. The Balaban J connectivity index is 1.47. The average molecular weight is 532 g/mol. The van der Waals surface area contributed by atoms with Crippen LogP contribution in [0.15, 0.2) is 18.2 Å². The number of aliphatic hydroxyl groups excluding tert-OH is 4. The monoisotopic (exact) mass is 532 g/mol. The molecule has 0 spiro atoms. The Morgan fingerprint density at radius 2 is 1.82 bits per heavy atom. The highest BCUT2D eigenvalue weighted by Gasteiger charge is 2.46. The number of carbonyl (C=O) groups is 2. The molecule has 12 heteroatoms. The van der Waals surface area contributed by atoms with E-state index < -0.39 is 43.2 Å². The molecule has 5 rings (SSSR count). The maximum atomic E-state index is 13.6. The molecule has 3 aliphatic rings. The minimum Gasteiger partial charge on any atom is -0.495 e. The van der Waals surface area contributed by atoms with Gasteiger partial charge in [-0.15, -0.1) is 0 Å². The molecule has 6 atom stereocenters. The molecule has 0 unspecified atom stereocenters. The topological polar surface area (TPSA) is 170 Å². The van der Waals surface area contributed by atoms with Crippen LogP contribution in [-0.2, 0) is 11.2 Å². The van der Waals surface area contributed by atoms with E-state index in [1.807, 2.05) is 12.1 Å². The summed E-state index contributed by atoms with van der Waals surface area (Å²) in [6, 6.07) is 5.42. The molecular weight excluding hydrogens is 504 g/mol. The van der Waals surface area contributed by atoms with Gasteiger partial charge in [0, 0.05) is 5.56 Å². The minimum atomic E-state index is -1.71. The van der Waals surface area contributed by atoms with Gasteiger partial charge < -0.3 is 48.8 Å². The Bertz CT molecular complexity index is 1240.